The zero-order valence-corrected chi connectivity index (χ0v) is 18.1. The summed E-state index contributed by atoms with van der Waals surface area (Å²) in [5.74, 6) is -0.175. The number of amides is 3. The third-order valence-corrected chi connectivity index (χ3v) is 5.50. The van der Waals surface area contributed by atoms with Crippen LogP contribution in [0.25, 0.3) is 0 Å². The molecule has 0 fully saturated rings. The second-order valence-corrected chi connectivity index (χ2v) is 7.77. The highest BCUT2D eigenvalue weighted by atomic mass is 35.5. The summed E-state index contributed by atoms with van der Waals surface area (Å²) < 4.78 is 0. The number of nitrogens with one attached hydrogen (secondary N) is 2. The van der Waals surface area contributed by atoms with E-state index in [2.05, 4.69) is 29.4 Å². The van der Waals surface area contributed by atoms with Crippen molar-refractivity contribution in [2.24, 2.45) is 0 Å². The topological polar surface area (TPSA) is 64.7 Å². The van der Waals surface area contributed by atoms with Crippen LogP contribution in [0.3, 0.4) is 0 Å². The maximum atomic E-state index is 12.9. The van der Waals surface area contributed by atoms with Gasteiger partial charge >= 0.3 is 6.03 Å². The van der Waals surface area contributed by atoms with Gasteiger partial charge in [0.25, 0.3) is 0 Å². The Morgan fingerprint density at radius 2 is 1.86 bits per heavy atom. The van der Waals surface area contributed by atoms with Crippen LogP contribution >= 0.6 is 22.9 Å². The normalized spacial score (nSPS) is 10.8. The minimum atomic E-state index is -0.199. The number of hydrogen-bond acceptors (Lipinski definition) is 4. The van der Waals surface area contributed by atoms with Gasteiger partial charge in [-0.15, -0.1) is 11.3 Å². The lowest BCUT2D eigenvalue weighted by Gasteiger charge is -2.26. The lowest BCUT2D eigenvalue weighted by atomic mass is 10.2. The maximum absolute atomic E-state index is 12.9. The Labute approximate surface area is 175 Å². The van der Waals surface area contributed by atoms with Crippen molar-refractivity contribution in [2.45, 2.75) is 27.3 Å². The number of rotatable bonds is 9. The summed E-state index contributed by atoms with van der Waals surface area (Å²) in [6.07, 6.45) is 0. The molecule has 2 aromatic rings. The molecule has 8 heteroatoms. The standard InChI is InChI=1S/C20H27ClN4O2S/c1-4-24(5-2)10-11-25(14-17-7-6-12-28-17)20(27)23-19-9-8-16(13-18(19)21)22-15(3)26/h6-9,12-13H,4-5,10-11,14H2,1-3H3,(H,22,26)(H,23,27). The minimum absolute atomic E-state index is 0.175. The minimum Gasteiger partial charge on any atom is -0.326 e. The third-order valence-electron chi connectivity index (χ3n) is 4.33. The number of hydrogen-bond donors (Lipinski definition) is 2. The number of urea groups is 1. The Hall–Kier alpha value is -2.09. The van der Waals surface area contributed by atoms with Crippen molar-refractivity contribution < 1.29 is 9.59 Å². The zero-order chi connectivity index (χ0) is 20.5. The van der Waals surface area contributed by atoms with E-state index >= 15 is 0 Å². The van der Waals surface area contributed by atoms with Gasteiger partial charge in [0.05, 0.1) is 17.3 Å². The molecule has 1 aromatic heterocycles. The Morgan fingerprint density at radius 1 is 1.11 bits per heavy atom. The molecule has 0 aliphatic carbocycles. The van der Waals surface area contributed by atoms with Gasteiger partial charge in [0.2, 0.25) is 5.91 Å². The van der Waals surface area contributed by atoms with Gasteiger partial charge in [-0.3, -0.25) is 4.79 Å². The highest BCUT2D eigenvalue weighted by Gasteiger charge is 2.17. The molecule has 0 spiro atoms. The van der Waals surface area contributed by atoms with Crippen molar-refractivity contribution in [2.75, 3.05) is 36.8 Å². The summed E-state index contributed by atoms with van der Waals surface area (Å²) in [7, 11) is 0. The molecule has 0 radical (unpaired) electrons. The van der Waals surface area contributed by atoms with Crippen molar-refractivity contribution in [1.29, 1.82) is 0 Å². The van der Waals surface area contributed by atoms with Crippen LogP contribution in [0.4, 0.5) is 16.2 Å². The van der Waals surface area contributed by atoms with Gasteiger partial charge in [-0.25, -0.2) is 4.79 Å². The fourth-order valence-electron chi connectivity index (χ4n) is 2.74. The van der Waals surface area contributed by atoms with Gasteiger partial charge in [-0.2, -0.15) is 0 Å². The van der Waals surface area contributed by atoms with E-state index < -0.39 is 0 Å². The van der Waals surface area contributed by atoms with Crippen molar-refractivity contribution in [3.8, 4) is 0 Å². The SMILES string of the molecule is CCN(CC)CCN(Cc1cccs1)C(=O)Nc1ccc(NC(C)=O)cc1Cl. The van der Waals surface area contributed by atoms with Crippen LogP contribution in [0.5, 0.6) is 0 Å². The highest BCUT2D eigenvalue weighted by molar-refractivity contribution is 7.09. The van der Waals surface area contributed by atoms with Gasteiger partial charge in [0.1, 0.15) is 0 Å². The van der Waals surface area contributed by atoms with Crippen LogP contribution in [0.1, 0.15) is 25.6 Å². The van der Waals surface area contributed by atoms with Crippen molar-refractivity contribution in [3.63, 3.8) is 0 Å². The van der Waals surface area contributed by atoms with Gasteiger partial charge in [-0.1, -0.05) is 31.5 Å². The van der Waals surface area contributed by atoms with Gasteiger partial charge in [0.15, 0.2) is 0 Å². The van der Waals surface area contributed by atoms with E-state index in [0.29, 0.717) is 29.5 Å². The summed E-state index contributed by atoms with van der Waals surface area (Å²) in [5.41, 5.74) is 1.10. The molecule has 6 nitrogen and oxygen atoms in total. The molecule has 0 saturated heterocycles. The number of likely N-dealkylation sites (N-methyl/N-ethyl adjacent to an activating group) is 1. The second-order valence-electron chi connectivity index (χ2n) is 6.33. The summed E-state index contributed by atoms with van der Waals surface area (Å²) in [6, 6.07) is 8.84. The molecule has 152 valence electrons. The van der Waals surface area contributed by atoms with Crippen molar-refractivity contribution in [3.05, 3.63) is 45.6 Å². The Morgan fingerprint density at radius 3 is 2.43 bits per heavy atom. The first-order valence-electron chi connectivity index (χ1n) is 9.30. The predicted octanol–water partition coefficient (Wildman–Crippen LogP) is 4.74. The van der Waals surface area contributed by atoms with Crippen LogP contribution in [0, 0.1) is 0 Å². The van der Waals surface area contributed by atoms with Gasteiger partial charge in [0, 0.05) is 30.6 Å². The molecule has 2 rings (SSSR count). The maximum Gasteiger partial charge on any atom is 0.322 e. The summed E-state index contributed by atoms with van der Waals surface area (Å²) >= 11 is 7.92. The van der Waals surface area contributed by atoms with Crippen LogP contribution < -0.4 is 10.6 Å². The average molecular weight is 423 g/mol. The molecular weight excluding hydrogens is 396 g/mol. The molecule has 0 unspecified atom stereocenters. The largest absolute Gasteiger partial charge is 0.326 e. The predicted molar refractivity (Wildman–Crippen MR) is 117 cm³/mol. The average Bonchev–Trinajstić information content (AvgIpc) is 3.16. The lowest BCUT2D eigenvalue weighted by molar-refractivity contribution is -0.114. The van der Waals surface area contributed by atoms with Gasteiger partial charge < -0.3 is 20.4 Å². The van der Waals surface area contributed by atoms with Crippen LogP contribution in [0.2, 0.25) is 5.02 Å². The van der Waals surface area contributed by atoms with Crippen LogP contribution in [-0.2, 0) is 11.3 Å². The van der Waals surface area contributed by atoms with Gasteiger partial charge in [-0.05, 0) is 42.7 Å². The fourth-order valence-corrected chi connectivity index (χ4v) is 3.68. The van der Waals surface area contributed by atoms with E-state index in [-0.39, 0.29) is 11.9 Å². The lowest BCUT2D eigenvalue weighted by Crippen LogP contribution is -2.40. The van der Waals surface area contributed by atoms with Crippen molar-refractivity contribution in [1.82, 2.24) is 9.80 Å². The van der Waals surface area contributed by atoms with E-state index in [1.165, 1.54) is 6.92 Å². The Kier molecular flexibility index (Phi) is 8.76. The first-order valence-corrected chi connectivity index (χ1v) is 10.6. The molecule has 1 heterocycles. The number of carbonyl (C=O) groups is 2. The number of benzene rings is 1. The van der Waals surface area contributed by atoms with E-state index in [1.807, 2.05) is 17.5 Å². The number of nitrogens with zero attached hydrogens (tertiary/aromatic N) is 2. The quantitative estimate of drug-likeness (QED) is 0.613. The molecule has 0 atom stereocenters. The molecule has 3 amide bonds. The Bertz CT molecular complexity index is 779. The molecule has 2 N–H and O–H groups in total. The third kappa shape index (κ3) is 6.82. The van der Waals surface area contributed by atoms with E-state index in [9.17, 15) is 9.59 Å². The first-order chi connectivity index (χ1) is 13.4. The second kappa shape index (κ2) is 11.0. The smallest absolute Gasteiger partial charge is 0.322 e. The summed E-state index contributed by atoms with van der Waals surface area (Å²) in [6.45, 7) is 9.53. The summed E-state index contributed by atoms with van der Waals surface area (Å²) in [5, 5.41) is 7.95. The first kappa shape index (κ1) is 22.2. The van der Waals surface area contributed by atoms with E-state index in [1.54, 1.807) is 34.4 Å². The molecular formula is C20H27ClN4O2S. The molecule has 28 heavy (non-hydrogen) atoms. The highest BCUT2D eigenvalue weighted by Crippen LogP contribution is 2.26. The molecule has 1 aromatic carbocycles. The van der Waals surface area contributed by atoms with Crippen LogP contribution in [0.15, 0.2) is 35.7 Å². The molecule has 0 aliphatic heterocycles. The molecule has 0 bridgehead atoms. The number of thiophene rings is 1. The number of anilines is 2. The molecule has 0 aliphatic rings. The monoisotopic (exact) mass is 422 g/mol. The Balaban J connectivity index is 2.09. The zero-order valence-electron chi connectivity index (χ0n) is 16.5. The van der Waals surface area contributed by atoms with E-state index in [0.717, 1.165) is 24.5 Å². The summed E-state index contributed by atoms with van der Waals surface area (Å²) in [4.78, 5) is 29.3. The number of halogens is 1. The fraction of sp³-hybridized carbons (Fsp3) is 0.400. The molecule has 0 saturated carbocycles. The number of carbonyl (C=O) groups excluding carboxylic acids is 2. The van der Waals surface area contributed by atoms with Crippen LogP contribution in [-0.4, -0.2) is 47.9 Å². The van der Waals surface area contributed by atoms with E-state index in [4.69, 9.17) is 11.6 Å². The van der Waals surface area contributed by atoms with Crippen molar-refractivity contribution >= 4 is 46.3 Å².